The second kappa shape index (κ2) is 6.29. The van der Waals surface area contributed by atoms with E-state index in [-0.39, 0.29) is 22.8 Å². The van der Waals surface area contributed by atoms with Crippen molar-refractivity contribution in [3.05, 3.63) is 21.6 Å². The van der Waals surface area contributed by atoms with Crippen molar-refractivity contribution in [1.29, 1.82) is 0 Å². The molecule has 1 heterocycles. The van der Waals surface area contributed by atoms with E-state index in [0.29, 0.717) is 6.54 Å². The lowest BCUT2D eigenvalue weighted by molar-refractivity contribution is 0.0167. The summed E-state index contributed by atoms with van der Waals surface area (Å²) in [6.45, 7) is 0.400. The largest absolute Gasteiger partial charge is 0.388 e. The molecule has 5 nitrogen and oxygen atoms in total. The Morgan fingerprint density at radius 1 is 1.50 bits per heavy atom. The third kappa shape index (κ3) is 3.33. The molecule has 0 bridgehead atoms. The van der Waals surface area contributed by atoms with Crippen LogP contribution in [0, 0.1) is 12.3 Å². The quantitative estimate of drug-likeness (QED) is 0.829. The maximum atomic E-state index is 12.1. The monoisotopic (exact) mass is 295 g/mol. The van der Waals surface area contributed by atoms with Gasteiger partial charge in [0, 0.05) is 6.54 Å². The van der Waals surface area contributed by atoms with E-state index in [0.717, 1.165) is 32.1 Å². The van der Waals surface area contributed by atoms with Crippen LogP contribution >= 0.6 is 11.6 Å². The third-order valence-corrected chi connectivity index (χ3v) is 3.90. The molecule has 1 aromatic heterocycles. The molecule has 108 valence electrons. The summed E-state index contributed by atoms with van der Waals surface area (Å²) in [5.74, 6) is 2.36. The molecule has 0 aromatic carbocycles. The van der Waals surface area contributed by atoms with Crippen molar-refractivity contribution in [3.63, 3.8) is 0 Å². The van der Waals surface area contributed by atoms with Gasteiger partial charge in [-0.25, -0.2) is 4.68 Å². The number of aliphatic hydroxyl groups is 1. The lowest BCUT2D eigenvalue weighted by Gasteiger charge is -2.32. The second-order valence-electron chi connectivity index (χ2n) is 5.17. The first-order valence-electron chi connectivity index (χ1n) is 6.71. The number of terminal acetylenes is 1. The smallest absolute Gasteiger partial charge is 0.292 e. The molecule has 1 fully saturated rings. The van der Waals surface area contributed by atoms with Crippen LogP contribution in [0.2, 0.25) is 5.02 Å². The van der Waals surface area contributed by atoms with E-state index >= 15 is 0 Å². The van der Waals surface area contributed by atoms with Crippen LogP contribution in [0.1, 0.15) is 32.1 Å². The first-order valence-corrected chi connectivity index (χ1v) is 7.09. The van der Waals surface area contributed by atoms with Crippen LogP contribution in [-0.2, 0) is 6.54 Å². The number of halogens is 1. The van der Waals surface area contributed by atoms with Crippen LogP contribution in [0.15, 0.2) is 11.0 Å². The van der Waals surface area contributed by atoms with Gasteiger partial charge >= 0.3 is 0 Å². The zero-order valence-corrected chi connectivity index (χ0v) is 12.0. The Labute approximate surface area is 123 Å². The number of hydrogen-bond acceptors (Lipinski definition) is 4. The average molecular weight is 296 g/mol. The molecule has 0 amide bonds. The fraction of sp³-hybridized carbons (Fsp3) is 0.571. The molecule has 0 atom stereocenters. The van der Waals surface area contributed by atoms with Crippen molar-refractivity contribution in [1.82, 2.24) is 9.78 Å². The van der Waals surface area contributed by atoms with Gasteiger partial charge in [-0.05, 0) is 12.8 Å². The Morgan fingerprint density at radius 2 is 2.20 bits per heavy atom. The maximum Gasteiger partial charge on any atom is 0.292 e. The summed E-state index contributed by atoms with van der Waals surface area (Å²) in [5, 5.41) is 17.5. The van der Waals surface area contributed by atoms with Crippen molar-refractivity contribution >= 4 is 17.3 Å². The van der Waals surface area contributed by atoms with Crippen molar-refractivity contribution in [2.45, 2.75) is 44.2 Å². The molecule has 1 saturated carbocycles. The fourth-order valence-corrected chi connectivity index (χ4v) is 2.66. The Kier molecular flexibility index (Phi) is 4.69. The SMILES string of the molecule is C#CCn1ncc(Cl)c(NCC2(O)CCCCC2)c1=O. The van der Waals surface area contributed by atoms with Gasteiger partial charge in [0.2, 0.25) is 0 Å². The molecule has 2 rings (SSSR count). The average Bonchev–Trinajstić information content (AvgIpc) is 2.43. The first kappa shape index (κ1) is 14.9. The Balaban J connectivity index is 2.15. The van der Waals surface area contributed by atoms with Gasteiger partial charge in [-0.1, -0.05) is 36.8 Å². The van der Waals surface area contributed by atoms with Gasteiger partial charge in [-0.15, -0.1) is 6.42 Å². The van der Waals surface area contributed by atoms with Gasteiger partial charge in [0.1, 0.15) is 12.2 Å². The highest BCUT2D eigenvalue weighted by atomic mass is 35.5. The van der Waals surface area contributed by atoms with E-state index in [1.807, 2.05) is 0 Å². The van der Waals surface area contributed by atoms with Gasteiger partial charge in [0.15, 0.2) is 0 Å². The minimum atomic E-state index is -0.770. The molecular formula is C14H18ClN3O2. The van der Waals surface area contributed by atoms with E-state index in [1.54, 1.807) is 0 Å². The molecular weight excluding hydrogens is 278 g/mol. The summed E-state index contributed by atoms with van der Waals surface area (Å²) in [7, 11) is 0. The van der Waals surface area contributed by atoms with E-state index < -0.39 is 5.60 Å². The highest BCUT2D eigenvalue weighted by molar-refractivity contribution is 6.33. The van der Waals surface area contributed by atoms with Crippen molar-refractivity contribution < 1.29 is 5.11 Å². The number of rotatable bonds is 4. The Bertz CT molecular complexity index is 571. The van der Waals surface area contributed by atoms with Crippen LogP contribution in [0.4, 0.5) is 5.69 Å². The summed E-state index contributed by atoms with van der Waals surface area (Å²) in [6, 6.07) is 0. The van der Waals surface area contributed by atoms with Gasteiger partial charge in [-0.3, -0.25) is 4.79 Å². The highest BCUT2D eigenvalue weighted by Crippen LogP contribution is 2.28. The summed E-state index contributed by atoms with van der Waals surface area (Å²) < 4.78 is 1.17. The topological polar surface area (TPSA) is 67.2 Å². The molecule has 0 aliphatic heterocycles. The number of hydrogen-bond donors (Lipinski definition) is 2. The molecule has 0 unspecified atom stereocenters. The predicted octanol–water partition coefficient (Wildman–Crippen LogP) is 1.64. The zero-order chi connectivity index (χ0) is 14.6. The minimum absolute atomic E-state index is 0.0922. The number of nitrogens with one attached hydrogen (secondary N) is 1. The van der Waals surface area contributed by atoms with Gasteiger partial charge in [0.05, 0.1) is 16.8 Å². The number of anilines is 1. The molecule has 1 aromatic rings. The summed E-state index contributed by atoms with van der Waals surface area (Å²) >= 11 is 5.99. The molecule has 6 heteroatoms. The predicted molar refractivity (Wildman–Crippen MR) is 78.9 cm³/mol. The van der Waals surface area contributed by atoms with Crippen molar-refractivity contribution in [3.8, 4) is 12.3 Å². The Morgan fingerprint density at radius 3 is 2.85 bits per heavy atom. The normalized spacial score (nSPS) is 17.4. The van der Waals surface area contributed by atoms with E-state index in [9.17, 15) is 9.90 Å². The molecule has 0 saturated heterocycles. The maximum absolute atomic E-state index is 12.1. The lowest BCUT2D eigenvalue weighted by atomic mass is 9.85. The highest BCUT2D eigenvalue weighted by Gasteiger charge is 2.29. The van der Waals surface area contributed by atoms with Crippen LogP contribution in [0.5, 0.6) is 0 Å². The second-order valence-corrected chi connectivity index (χ2v) is 5.58. The molecule has 20 heavy (non-hydrogen) atoms. The van der Waals surface area contributed by atoms with Crippen LogP contribution < -0.4 is 10.9 Å². The van der Waals surface area contributed by atoms with Gasteiger partial charge in [0.25, 0.3) is 5.56 Å². The minimum Gasteiger partial charge on any atom is -0.388 e. The van der Waals surface area contributed by atoms with E-state index in [2.05, 4.69) is 16.3 Å². The van der Waals surface area contributed by atoms with E-state index in [1.165, 1.54) is 10.9 Å². The van der Waals surface area contributed by atoms with Gasteiger partial charge < -0.3 is 10.4 Å². The summed E-state index contributed by atoms with van der Waals surface area (Å²) in [4.78, 5) is 12.1. The molecule has 1 aliphatic carbocycles. The molecule has 0 spiro atoms. The molecule has 1 aliphatic rings. The zero-order valence-electron chi connectivity index (χ0n) is 11.2. The first-order chi connectivity index (χ1) is 9.56. The van der Waals surface area contributed by atoms with Gasteiger partial charge in [-0.2, -0.15) is 5.10 Å². The van der Waals surface area contributed by atoms with Crippen LogP contribution in [0.25, 0.3) is 0 Å². The standard InChI is InChI=1S/C14H18ClN3O2/c1-2-8-18-13(19)12(11(15)9-17-18)16-10-14(20)6-4-3-5-7-14/h1,9,16,20H,3-8,10H2. The summed E-state index contributed by atoms with van der Waals surface area (Å²) in [6.07, 6.45) is 11.2. The fourth-order valence-electron chi connectivity index (χ4n) is 2.47. The van der Waals surface area contributed by atoms with E-state index in [4.69, 9.17) is 18.0 Å². The van der Waals surface area contributed by atoms with Crippen molar-refractivity contribution in [2.24, 2.45) is 0 Å². The Hall–Kier alpha value is -1.51. The number of aromatic nitrogens is 2. The lowest BCUT2D eigenvalue weighted by Crippen LogP contribution is -2.40. The molecule has 0 radical (unpaired) electrons. The summed E-state index contributed by atoms with van der Waals surface area (Å²) in [5.41, 5.74) is -0.889. The number of nitrogens with zero attached hydrogens (tertiary/aromatic N) is 2. The van der Waals surface area contributed by atoms with Crippen LogP contribution in [0.3, 0.4) is 0 Å². The third-order valence-electron chi connectivity index (χ3n) is 3.62. The van der Waals surface area contributed by atoms with Crippen molar-refractivity contribution in [2.75, 3.05) is 11.9 Å². The molecule has 2 N–H and O–H groups in total. The van der Waals surface area contributed by atoms with Crippen LogP contribution in [-0.4, -0.2) is 27.0 Å².